The van der Waals surface area contributed by atoms with Gasteiger partial charge in [-0.15, -0.1) is 0 Å². The summed E-state index contributed by atoms with van der Waals surface area (Å²) in [6, 6.07) is 0.475. The first-order valence-corrected chi connectivity index (χ1v) is 8.02. The summed E-state index contributed by atoms with van der Waals surface area (Å²) in [5.41, 5.74) is 0. The Hall–Kier alpha value is -0.650. The fourth-order valence-corrected chi connectivity index (χ4v) is 3.12. The Morgan fingerprint density at radius 1 is 1.35 bits per heavy atom. The summed E-state index contributed by atoms with van der Waals surface area (Å²) in [6.07, 6.45) is 5.63. The second-order valence-electron chi connectivity index (χ2n) is 5.92. The Morgan fingerprint density at radius 2 is 2.15 bits per heavy atom. The van der Waals surface area contributed by atoms with Crippen LogP contribution in [0.5, 0.6) is 0 Å². The number of carbonyl (C=O) groups excluding carboxylic acids is 1. The predicted octanol–water partition coefficient (Wildman–Crippen LogP) is 0.699. The third kappa shape index (κ3) is 5.04. The van der Waals surface area contributed by atoms with Gasteiger partial charge in [-0.3, -0.25) is 4.79 Å². The van der Waals surface area contributed by atoms with E-state index >= 15 is 0 Å². The lowest BCUT2D eigenvalue weighted by Crippen LogP contribution is -2.43. The van der Waals surface area contributed by atoms with E-state index in [1.165, 1.54) is 25.7 Å². The molecule has 0 aromatic carbocycles. The maximum atomic E-state index is 12.4. The minimum Gasteiger partial charge on any atom is -0.383 e. The molecule has 1 atom stereocenters. The molecule has 0 aliphatic carbocycles. The Morgan fingerprint density at radius 3 is 2.80 bits per heavy atom. The molecule has 2 rings (SSSR count). The third-order valence-electron chi connectivity index (χ3n) is 4.36. The Balaban J connectivity index is 1.75. The van der Waals surface area contributed by atoms with Gasteiger partial charge in [0, 0.05) is 39.2 Å². The number of methoxy groups -OCH3 is 1. The van der Waals surface area contributed by atoms with Crippen LogP contribution in [0.25, 0.3) is 0 Å². The second kappa shape index (κ2) is 8.60. The van der Waals surface area contributed by atoms with Crippen LogP contribution in [0.3, 0.4) is 0 Å². The minimum atomic E-state index is 0.280. The molecular formula is C15H29N3O2. The molecule has 5 heteroatoms. The average molecular weight is 283 g/mol. The zero-order valence-electron chi connectivity index (χ0n) is 12.8. The normalized spacial score (nSPS) is 23.4. The molecule has 2 aliphatic heterocycles. The van der Waals surface area contributed by atoms with E-state index in [1.54, 1.807) is 7.11 Å². The minimum absolute atomic E-state index is 0.280. The lowest BCUT2D eigenvalue weighted by molar-refractivity contribution is -0.132. The van der Waals surface area contributed by atoms with Gasteiger partial charge in [-0.05, 0) is 45.3 Å². The highest BCUT2D eigenvalue weighted by atomic mass is 16.5. The molecule has 1 unspecified atom stereocenters. The molecule has 0 saturated carbocycles. The highest BCUT2D eigenvalue weighted by Gasteiger charge is 2.22. The molecule has 0 aromatic rings. The quantitative estimate of drug-likeness (QED) is 0.712. The van der Waals surface area contributed by atoms with Gasteiger partial charge in [-0.25, -0.2) is 0 Å². The third-order valence-corrected chi connectivity index (χ3v) is 4.36. The first-order chi connectivity index (χ1) is 9.79. The zero-order valence-corrected chi connectivity index (χ0v) is 12.8. The van der Waals surface area contributed by atoms with E-state index in [0.717, 1.165) is 32.7 Å². The molecule has 0 bridgehead atoms. The molecule has 2 saturated heterocycles. The summed E-state index contributed by atoms with van der Waals surface area (Å²) in [7, 11) is 1.70. The van der Waals surface area contributed by atoms with E-state index < -0.39 is 0 Å². The predicted molar refractivity (Wildman–Crippen MR) is 79.8 cm³/mol. The number of amides is 1. The molecule has 20 heavy (non-hydrogen) atoms. The fraction of sp³-hybridized carbons (Fsp3) is 0.933. The molecule has 0 aromatic heterocycles. The fourth-order valence-electron chi connectivity index (χ4n) is 3.12. The maximum absolute atomic E-state index is 12.4. The SMILES string of the molecule is COCCN(CC1CCCN1)C(=O)CCN1CCCC1. The summed E-state index contributed by atoms with van der Waals surface area (Å²) >= 11 is 0. The van der Waals surface area contributed by atoms with Gasteiger partial charge in [-0.2, -0.15) is 0 Å². The van der Waals surface area contributed by atoms with E-state index in [-0.39, 0.29) is 5.91 Å². The van der Waals surface area contributed by atoms with Gasteiger partial charge in [0.2, 0.25) is 5.91 Å². The first-order valence-electron chi connectivity index (χ1n) is 8.02. The number of rotatable bonds is 8. The average Bonchev–Trinajstić information content (AvgIpc) is 3.13. The van der Waals surface area contributed by atoms with Crippen molar-refractivity contribution in [1.82, 2.24) is 15.1 Å². The molecule has 1 amide bonds. The molecule has 2 aliphatic rings. The topological polar surface area (TPSA) is 44.8 Å². The lowest BCUT2D eigenvalue weighted by atomic mass is 10.2. The number of likely N-dealkylation sites (tertiary alicyclic amines) is 1. The lowest BCUT2D eigenvalue weighted by Gasteiger charge is -2.26. The van der Waals surface area contributed by atoms with E-state index in [9.17, 15) is 4.79 Å². The van der Waals surface area contributed by atoms with Crippen LogP contribution in [-0.2, 0) is 9.53 Å². The van der Waals surface area contributed by atoms with Crippen molar-refractivity contribution in [2.75, 3.05) is 53.0 Å². The largest absolute Gasteiger partial charge is 0.383 e. The monoisotopic (exact) mass is 283 g/mol. The van der Waals surface area contributed by atoms with Crippen molar-refractivity contribution in [3.8, 4) is 0 Å². The van der Waals surface area contributed by atoms with Gasteiger partial charge in [0.1, 0.15) is 0 Å². The number of nitrogens with one attached hydrogen (secondary N) is 1. The molecule has 2 fully saturated rings. The van der Waals surface area contributed by atoms with Gasteiger partial charge in [-0.1, -0.05) is 0 Å². The van der Waals surface area contributed by atoms with Crippen LogP contribution < -0.4 is 5.32 Å². The van der Waals surface area contributed by atoms with E-state index in [1.807, 2.05) is 4.90 Å². The van der Waals surface area contributed by atoms with E-state index in [0.29, 0.717) is 25.6 Å². The zero-order chi connectivity index (χ0) is 14.2. The summed E-state index contributed by atoms with van der Waals surface area (Å²) in [5, 5.41) is 3.47. The molecule has 116 valence electrons. The van der Waals surface area contributed by atoms with Crippen molar-refractivity contribution < 1.29 is 9.53 Å². The summed E-state index contributed by atoms with van der Waals surface area (Å²) in [5.74, 6) is 0.280. The van der Waals surface area contributed by atoms with E-state index in [4.69, 9.17) is 4.74 Å². The first kappa shape index (κ1) is 15.7. The van der Waals surface area contributed by atoms with Crippen LogP contribution >= 0.6 is 0 Å². The highest BCUT2D eigenvalue weighted by Crippen LogP contribution is 2.10. The van der Waals surface area contributed by atoms with Crippen LogP contribution in [0.1, 0.15) is 32.1 Å². The molecule has 1 N–H and O–H groups in total. The molecule has 0 spiro atoms. The van der Waals surface area contributed by atoms with Gasteiger partial charge in [0.25, 0.3) is 0 Å². The van der Waals surface area contributed by atoms with Crippen molar-refractivity contribution >= 4 is 5.91 Å². The van der Waals surface area contributed by atoms with Crippen LogP contribution in [0, 0.1) is 0 Å². The van der Waals surface area contributed by atoms with Crippen LogP contribution in [0.15, 0.2) is 0 Å². The molecular weight excluding hydrogens is 254 g/mol. The number of ether oxygens (including phenoxy) is 1. The number of carbonyl (C=O) groups is 1. The summed E-state index contributed by atoms with van der Waals surface area (Å²) in [6.45, 7) is 6.51. The summed E-state index contributed by atoms with van der Waals surface area (Å²) < 4.78 is 5.14. The molecule has 2 heterocycles. The van der Waals surface area contributed by atoms with E-state index in [2.05, 4.69) is 10.2 Å². The van der Waals surface area contributed by atoms with Crippen LogP contribution in [0.2, 0.25) is 0 Å². The van der Waals surface area contributed by atoms with Crippen molar-refractivity contribution in [3.63, 3.8) is 0 Å². The van der Waals surface area contributed by atoms with Crippen LogP contribution in [0.4, 0.5) is 0 Å². The molecule has 5 nitrogen and oxygen atoms in total. The summed E-state index contributed by atoms with van der Waals surface area (Å²) in [4.78, 5) is 16.8. The Labute approximate surface area is 122 Å². The van der Waals surface area contributed by atoms with Crippen molar-refractivity contribution in [2.45, 2.75) is 38.1 Å². The van der Waals surface area contributed by atoms with Gasteiger partial charge < -0.3 is 19.9 Å². The Bertz CT molecular complexity index is 287. The Kier molecular flexibility index (Phi) is 6.76. The van der Waals surface area contributed by atoms with Crippen molar-refractivity contribution in [1.29, 1.82) is 0 Å². The van der Waals surface area contributed by atoms with Crippen molar-refractivity contribution in [3.05, 3.63) is 0 Å². The maximum Gasteiger partial charge on any atom is 0.223 e. The second-order valence-corrected chi connectivity index (χ2v) is 5.92. The molecule has 0 radical (unpaired) electrons. The standard InChI is InChI=1S/C15H29N3O2/c1-20-12-11-18(13-14-5-4-7-16-14)15(19)6-10-17-8-2-3-9-17/h14,16H,2-13H2,1H3. The van der Waals surface area contributed by atoms with Gasteiger partial charge in [0.05, 0.1) is 6.61 Å². The number of nitrogens with zero attached hydrogens (tertiary/aromatic N) is 2. The highest BCUT2D eigenvalue weighted by molar-refractivity contribution is 5.76. The van der Waals surface area contributed by atoms with Crippen LogP contribution in [-0.4, -0.2) is 74.7 Å². The van der Waals surface area contributed by atoms with Gasteiger partial charge in [0.15, 0.2) is 0 Å². The number of hydrogen-bond donors (Lipinski definition) is 1. The smallest absolute Gasteiger partial charge is 0.223 e. The van der Waals surface area contributed by atoms with Crippen molar-refractivity contribution in [2.24, 2.45) is 0 Å². The number of hydrogen-bond acceptors (Lipinski definition) is 4. The van der Waals surface area contributed by atoms with Gasteiger partial charge >= 0.3 is 0 Å².